The molecule has 0 aliphatic carbocycles. The fourth-order valence-electron chi connectivity index (χ4n) is 2.56. The maximum absolute atomic E-state index is 12.6. The second-order valence-electron chi connectivity index (χ2n) is 4.93. The summed E-state index contributed by atoms with van der Waals surface area (Å²) in [5.41, 5.74) is 0. The van der Waals surface area contributed by atoms with Gasteiger partial charge in [-0.2, -0.15) is 4.31 Å². The molecule has 1 saturated heterocycles. The summed E-state index contributed by atoms with van der Waals surface area (Å²) in [5.74, 6) is 0.113. The Kier molecular flexibility index (Phi) is 3.99. The third kappa shape index (κ3) is 2.83. The van der Waals surface area contributed by atoms with E-state index in [2.05, 4.69) is 0 Å². The van der Waals surface area contributed by atoms with E-state index in [1.807, 2.05) is 0 Å². The number of benzene rings is 1. The Labute approximate surface area is 118 Å². The molecule has 0 N–H and O–H groups in total. The first kappa shape index (κ1) is 14.5. The van der Waals surface area contributed by atoms with Gasteiger partial charge in [0, 0.05) is 29.9 Å². The SMILES string of the molecule is C[C@H]1CC(=O)C[C@H](C)N1S(=O)(=O)c1ccc(Cl)cc1. The quantitative estimate of drug-likeness (QED) is 0.843. The van der Waals surface area contributed by atoms with Gasteiger partial charge in [0.05, 0.1) is 4.90 Å². The zero-order valence-electron chi connectivity index (χ0n) is 10.8. The molecule has 1 fully saturated rings. The summed E-state index contributed by atoms with van der Waals surface area (Å²) in [5, 5.41) is 0.494. The van der Waals surface area contributed by atoms with Crippen molar-refractivity contribution in [1.29, 1.82) is 0 Å². The van der Waals surface area contributed by atoms with Crippen molar-refractivity contribution in [2.45, 2.75) is 43.7 Å². The van der Waals surface area contributed by atoms with E-state index in [0.29, 0.717) is 5.02 Å². The number of ketones is 1. The number of sulfonamides is 1. The van der Waals surface area contributed by atoms with E-state index in [1.165, 1.54) is 16.4 Å². The maximum atomic E-state index is 12.6. The summed E-state index contributed by atoms with van der Waals surface area (Å²) in [6, 6.07) is 5.48. The predicted octanol–water partition coefficient (Wildman–Crippen LogP) is 2.47. The van der Waals surface area contributed by atoms with Gasteiger partial charge in [0.1, 0.15) is 5.78 Å². The van der Waals surface area contributed by atoms with Crippen molar-refractivity contribution < 1.29 is 13.2 Å². The molecule has 1 aliphatic heterocycles. The zero-order valence-corrected chi connectivity index (χ0v) is 12.4. The van der Waals surface area contributed by atoms with Gasteiger partial charge in [-0.15, -0.1) is 0 Å². The lowest BCUT2D eigenvalue weighted by Crippen LogP contribution is -2.49. The molecule has 0 saturated carbocycles. The molecular weight excluding hydrogens is 286 g/mol. The van der Waals surface area contributed by atoms with Crippen LogP contribution in [0.15, 0.2) is 29.2 Å². The van der Waals surface area contributed by atoms with Gasteiger partial charge in [0.25, 0.3) is 0 Å². The summed E-state index contributed by atoms with van der Waals surface area (Å²) in [7, 11) is -3.58. The van der Waals surface area contributed by atoms with Gasteiger partial charge in [0.2, 0.25) is 10.0 Å². The molecule has 0 unspecified atom stereocenters. The first-order chi connectivity index (χ1) is 8.82. The summed E-state index contributed by atoms with van der Waals surface area (Å²) >= 11 is 5.77. The smallest absolute Gasteiger partial charge is 0.243 e. The van der Waals surface area contributed by atoms with E-state index in [1.54, 1.807) is 26.0 Å². The molecule has 1 aromatic rings. The topological polar surface area (TPSA) is 54.5 Å². The van der Waals surface area contributed by atoms with Gasteiger partial charge in [-0.25, -0.2) is 8.42 Å². The lowest BCUT2D eigenvalue weighted by atomic mass is 9.99. The minimum atomic E-state index is -3.58. The average Bonchev–Trinajstić information content (AvgIpc) is 2.27. The van der Waals surface area contributed by atoms with E-state index >= 15 is 0 Å². The van der Waals surface area contributed by atoms with Crippen LogP contribution in [-0.4, -0.2) is 30.6 Å². The van der Waals surface area contributed by atoms with Crippen molar-refractivity contribution in [1.82, 2.24) is 4.31 Å². The van der Waals surface area contributed by atoms with Crippen LogP contribution in [0.2, 0.25) is 5.02 Å². The van der Waals surface area contributed by atoms with Crippen molar-refractivity contribution in [2.75, 3.05) is 0 Å². The first-order valence-corrected chi connectivity index (χ1v) is 7.95. The van der Waals surface area contributed by atoms with Gasteiger partial charge in [-0.1, -0.05) is 11.6 Å². The molecule has 0 amide bonds. The highest BCUT2D eigenvalue weighted by molar-refractivity contribution is 7.89. The number of halogens is 1. The third-order valence-corrected chi connectivity index (χ3v) is 5.70. The summed E-state index contributed by atoms with van der Waals surface area (Å²) < 4.78 is 26.6. The van der Waals surface area contributed by atoms with Crippen molar-refractivity contribution >= 4 is 27.4 Å². The van der Waals surface area contributed by atoms with Gasteiger partial charge >= 0.3 is 0 Å². The number of carbonyl (C=O) groups excluding carboxylic acids is 1. The lowest BCUT2D eigenvalue weighted by molar-refractivity contribution is -0.122. The first-order valence-electron chi connectivity index (χ1n) is 6.13. The largest absolute Gasteiger partial charge is 0.300 e. The maximum Gasteiger partial charge on any atom is 0.243 e. The summed E-state index contributed by atoms with van der Waals surface area (Å²) in [6.07, 6.45) is 0.550. The number of carbonyl (C=O) groups is 1. The van der Waals surface area contributed by atoms with Crippen molar-refractivity contribution in [3.63, 3.8) is 0 Å². The molecule has 4 nitrogen and oxygen atoms in total. The minimum Gasteiger partial charge on any atom is -0.300 e. The van der Waals surface area contributed by atoms with Gasteiger partial charge in [-0.3, -0.25) is 4.79 Å². The number of hydrogen-bond acceptors (Lipinski definition) is 3. The normalized spacial score (nSPS) is 25.5. The Bertz CT molecular complexity index is 568. The van der Waals surface area contributed by atoms with Crippen LogP contribution in [0.5, 0.6) is 0 Å². The van der Waals surface area contributed by atoms with E-state index in [0.717, 1.165) is 0 Å². The van der Waals surface area contributed by atoms with Crippen LogP contribution in [0.3, 0.4) is 0 Å². The van der Waals surface area contributed by atoms with Crippen LogP contribution in [0, 0.1) is 0 Å². The molecular formula is C13H16ClNO3S. The van der Waals surface area contributed by atoms with Crippen molar-refractivity contribution in [2.24, 2.45) is 0 Å². The van der Waals surface area contributed by atoms with Crippen LogP contribution in [-0.2, 0) is 14.8 Å². The van der Waals surface area contributed by atoms with Crippen LogP contribution in [0.1, 0.15) is 26.7 Å². The summed E-state index contributed by atoms with van der Waals surface area (Å²) in [4.78, 5) is 11.7. The Hall–Kier alpha value is -0.910. The predicted molar refractivity (Wildman–Crippen MR) is 73.6 cm³/mol. The number of Topliss-reactive ketones (excluding diaryl/α,β-unsaturated/α-hetero) is 1. The third-order valence-electron chi connectivity index (χ3n) is 3.30. The van der Waals surface area contributed by atoms with Crippen LogP contribution < -0.4 is 0 Å². The van der Waals surface area contributed by atoms with Crippen molar-refractivity contribution in [3.05, 3.63) is 29.3 Å². The molecule has 1 aliphatic rings. The molecule has 0 spiro atoms. The van der Waals surface area contributed by atoms with Gasteiger partial charge in [-0.05, 0) is 38.1 Å². The fraction of sp³-hybridized carbons (Fsp3) is 0.462. The average molecular weight is 302 g/mol. The standard InChI is InChI=1S/C13H16ClNO3S/c1-9-7-12(16)8-10(2)15(9)19(17,18)13-5-3-11(14)4-6-13/h3-6,9-10H,7-8H2,1-2H3/t9-,10-/m0/s1. The molecule has 104 valence electrons. The molecule has 19 heavy (non-hydrogen) atoms. The Morgan fingerprint density at radius 2 is 1.58 bits per heavy atom. The highest BCUT2D eigenvalue weighted by atomic mass is 35.5. The molecule has 0 radical (unpaired) electrons. The van der Waals surface area contributed by atoms with Gasteiger partial charge < -0.3 is 0 Å². The highest BCUT2D eigenvalue weighted by Gasteiger charge is 2.38. The van der Waals surface area contributed by atoms with Crippen molar-refractivity contribution in [3.8, 4) is 0 Å². The minimum absolute atomic E-state index is 0.113. The highest BCUT2D eigenvalue weighted by Crippen LogP contribution is 2.28. The molecule has 6 heteroatoms. The molecule has 0 bridgehead atoms. The number of nitrogens with zero attached hydrogens (tertiary/aromatic N) is 1. The Balaban J connectivity index is 2.38. The second-order valence-corrected chi connectivity index (χ2v) is 7.21. The van der Waals surface area contributed by atoms with E-state index in [9.17, 15) is 13.2 Å². The van der Waals surface area contributed by atoms with Crippen LogP contribution >= 0.6 is 11.6 Å². The Morgan fingerprint density at radius 3 is 2.05 bits per heavy atom. The number of rotatable bonds is 2. The molecule has 0 aromatic heterocycles. The molecule has 2 atom stereocenters. The van der Waals surface area contributed by atoms with E-state index in [4.69, 9.17) is 11.6 Å². The van der Waals surface area contributed by atoms with Crippen LogP contribution in [0.4, 0.5) is 0 Å². The zero-order chi connectivity index (χ0) is 14.2. The summed E-state index contributed by atoms with van der Waals surface area (Å²) in [6.45, 7) is 3.53. The fourth-order valence-corrected chi connectivity index (χ4v) is 4.50. The molecule has 2 rings (SSSR count). The number of hydrogen-bond donors (Lipinski definition) is 0. The molecule has 1 heterocycles. The number of piperidine rings is 1. The monoisotopic (exact) mass is 301 g/mol. The molecule has 1 aromatic carbocycles. The van der Waals surface area contributed by atoms with Crippen LogP contribution in [0.25, 0.3) is 0 Å². The van der Waals surface area contributed by atoms with Gasteiger partial charge in [0.15, 0.2) is 0 Å². The van der Waals surface area contributed by atoms with E-state index < -0.39 is 10.0 Å². The lowest BCUT2D eigenvalue weighted by Gasteiger charge is -2.36. The second kappa shape index (κ2) is 5.23. The van der Waals surface area contributed by atoms with E-state index in [-0.39, 0.29) is 35.6 Å². The Morgan fingerprint density at radius 1 is 1.11 bits per heavy atom.